The quantitative estimate of drug-likeness (QED) is 0.361. The Morgan fingerprint density at radius 1 is 1.42 bits per heavy atom. The molecule has 4 nitrogen and oxygen atoms in total. The standard InChI is InChI=1S/C6H7NO3S.Na/c1-5-3-2-4-6(7-5)11(8,9)10;/h2-4H,1H3,(H,8,9,10);/q;+1/p-1. The topological polar surface area (TPSA) is 70.1 Å². The van der Waals surface area contributed by atoms with Gasteiger partial charge in [-0.2, -0.15) is 0 Å². The van der Waals surface area contributed by atoms with Gasteiger partial charge in [0.1, 0.15) is 15.1 Å². The molecule has 0 aliphatic carbocycles. The van der Waals surface area contributed by atoms with Crippen LogP contribution in [0.3, 0.4) is 0 Å². The number of nitrogens with zero attached hydrogens (tertiary/aromatic N) is 1. The van der Waals surface area contributed by atoms with Crippen LogP contribution in [0.15, 0.2) is 23.2 Å². The van der Waals surface area contributed by atoms with Gasteiger partial charge in [-0.05, 0) is 19.1 Å². The van der Waals surface area contributed by atoms with E-state index in [0.717, 1.165) is 0 Å². The van der Waals surface area contributed by atoms with E-state index in [4.69, 9.17) is 0 Å². The molecule has 0 bridgehead atoms. The summed E-state index contributed by atoms with van der Waals surface area (Å²) in [7, 11) is -4.39. The molecule has 0 unspecified atom stereocenters. The summed E-state index contributed by atoms with van der Waals surface area (Å²) in [4.78, 5) is 3.54. The van der Waals surface area contributed by atoms with E-state index in [1.54, 1.807) is 13.0 Å². The molecule has 0 aliphatic rings. The molecular formula is C6H6NNaO3S. The predicted molar refractivity (Wildman–Crippen MR) is 36.9 cm³/mol. The maximum Gasteiger partial charge on any atom is 1.00 e. The van der Waals surface area contributed by atoms with E-state index in [-0.39, 0.29) is 29.6 Å². The van der Waals surface area contributed by atoms with Gasteiger partial charge in [-0.25, -0.2) is 13.4 Å². The van der Waals surface area contributed by atoms with Crippen molar-refractivity contribution in [2.75, 3.05) is 0 Å². The largest absolute Gasteiger partial charge is 1.00 e. The molecule has 1 aromatic rings. The molecule has 12 heavy (non-hydrogen) atoms. The minimum absolute atomic E-state index is 0. The molecule has 1 heterocycles. The molecule has 0 spiro atoms. The van der Waals surface area contributed by atoms with Crippen molar-refractivity contribution < 1.29 is 42.5 Å². The van der Waals surface area contributed by atoms with Gasteiger partial charge < -0.3 is 4.55 Å². The van der Waals surface area contributed by atoms with Crippen molar-refractivity contribution in [1.82, 2.24) is 4.98 Å². The Morgan fingerprint density at radius 3 is 2.33 bits per heavy atom. The fraction of sp³-hybridized carbons (Fsp3) is 0.167. The van der Waals surface area contributed by atoms with E-state index in [2.05, 4.69) is 4.98 Å². The first kappa shape index (κ1) is 12.1. The minimum Gasteiger partial charge on any atom is -0.743 e. The van der Waals surface area contributed by atoms with Crippen LogP contribution in [0.5, 0.6) is 0 Å². The zero-order valence-corrected chi connectivity index (χ0v) is 9.63. The molecule has 0 saturated carbocycles. The average Bonchev–Trinajstić information content (AvgIpc) is 1.86. The molecule has 0 amide bonds. The van der Waals surface area contributed by atoms with Gasteiger partial charge in [0.15, 0.2) is 0 Å². The molecule has 60 valence electrons. The van der Waals surface area contributed by atoms with E-state index in [0.29, 0.717) is 5.69 Å². The number of aromatic nitrogens is 1. The number of rotatable bonds is 1. The first-order valence-corrected chi connectivity index (χ1v) is 4.30. The second-order valence-electron chi connectivity index (χ2n) is 2.07. The number of pyridine rings is 1. The van der Waals surface area contributed by atoms with E-state index in [9.17, 15) is 13.0 Å². The second kappa shape index (κ2) is 4.34. The van der Waals surface area contributed by atoms with Gasteiger partial charge >= 0.3 is 29.6 Å². The van der Waals surface area contributed by atoms with Gasteiger partial charge in [0.25, 0.3) is 0 Å². The third-order valence-electron chi connectivity index (χ3n) is 1.12. The van der Waals surface area contributed by atoms with E-state index >= 15 is 0 Å². The summed E-state index contributed by atoms with van der Waals surface area (Å²) >= 11 is 0. The van der Waals surface area contributed by atoms with Crippen LogP contribution in [0.25, 0.3) is 0 Å². The van der Waals surface area contributed by atoms with Crippen molar-refractivity contribution in [1.29, 1.82) is 0 Å². The molecule has 0 radical (unpaired) electrons. The normalized spacial score (nSPS) is 10.5. The maximum atomic E-state index is 10.4. The Hall–Kier alpha value is 0.0600. The number of hydrogen-bond acceptors (Lipinski definition) is 4. The summed E-state index contributed by atoms with van der Waals surface area (Å²) in [6.07, 6.45) is 0. The van der Waals surface area contributed by atoms with Crippen LogP contribution < -0.4 is 29.6 Å². The van der Waals surface area contributed by atoms with Crippen molar-refractivity contribution in [3.63, 3.8) is 0 Å². The predicted octanol–water partition coefficient (Wildman–Crippen LogP) is -2.70. The zero-order valence-electron chi connectivity index (χ0n) is 6.81. The fourth-order valence-electron chi connectivity index (χ4n) is 0.657. The van der Waals surface area contributed by atoms with Crippen molar-refractivity contribution in [3.8, 4) is 0 Å². The molecule has 1 aromatic heterocycles. The molecule has 0 aliphatic heterocycles. The Bertz CT molecular complexity index is 363. The molecule has 6 heteroatoms. The van der Waals surface area contributed by atoms with Gasteiger partial charge in [-0.15, -0.1) is 0 Å². The van der Waals surface area contributed by atoms with Gasteiger partial charge in [0, 0.05) is 5.69 Å². The number of hydrogen-bond donors (Lipinski definition) is 0. The first-order valence-electron chi connectivity index (χ1n) is 2.90. The van der Waals surface area contributed by atoms with Crippen molar-refractivity contribution in [3.05, 3.63) is 23.9 Å². The van der Waals surface area contributed by atoms with Crippen LogP contribution in [0.2, 0.25) is 0 Å². The fourth-order valence-corrected chi connectivity index (χ4v) is 1.16. The van der Waals surface area contributed by atoms with Gasteiger partial charge in [0.2, 0.25) is 0 Å². The van der Waals surface area contributed by atoms with Crippen LogP contribution >= 0.6 is 0 Å². The van der Waals surface area contributed by atoms with Crippen LogP contribution in [-0.4, -0.2) is 18.0 Å². The van der Waals surface area contributed by atoms with Crippen LogP contribution in [0, 0.1) is 6.92 Å². The second-order valence-corrected chi connectivity index (χ2v) is 3.40. The molecule has 0 fully saturated rings. The average molecular weight is 195 g/mol. The van der Waals surface area contributed by atoms with Gasteiger partial charge in [-0.3, -0.25) is 0 Å². The van der Waals surface area contributed by atoms with Crippen molar-refractivity contribution in [2.24, 2.45) is 0 Å². The van der Waals surface area contributed by atoms with Gasteiger partial charge in [0.05, 0.1) is 0 Å². The Labute approximate surface area is 93.1 Å². The third kappa shape index (κ3) is 3.20. The Morgan fingerprint density at radius 2 is 2.00 bits per heavy atom. The summed E-state index contributed by atoms with van der Waals surface area (Å²) in [5.74, 6) is 0. The van der Waals surface area contributed by atoms with Crippen LogP contribution in [0.4, 0.5) is 0 Å². The minimum atomic E-state index is -4.39. The van der Waals surface area contributed by atoms with E-state index in [1.807, 2.05) is 0 Å². The smallest absolute Gasteiger partial charge is 0.743 e. The monoisotopic (exact) mass is 195 g/mol. The summed E-state index contributed by atoms with van der Waals surface area (Å²) in [6.45, 7) is 1.62. The summed E-state index contributed by atoms with van der Waals surface area (Å²) in [5.41, 5.74) is 0.516. The molecule has 0 aromatic carbocycles. The van der Waals surface area contributed by atoms with Crippen molar-refractivity contribution >= 4 is 10.1 Å². The molecule has 0 saturated heterocycles. The van der Waals surface area contributed by atoms with E-state index in [1.165, 1.54) is 12.1 Å². The first-order chi connectivity index (χ1) is 5.00. The summed E-state index contributed by atoms with van der Waals surface area (Å²) in [5, 5.41) is -0.419. The van der Waals surface area contributed by atoms with Gasteiger partial charge in [-0.1, -0.05) is 6.07 Å². The Balaban J connectivity index is 0.00000121. The molecule has 1 rings (SSSR count). The SMILES string of the molecule is Cc1cccc(S(=O)(=O)[O-])n1.[Na+]. The van der Waals surface area contributed by atoms with Crippen LogP contribution in [0.1, 0.15) is 5.69 Å². The third-order valence-corrected chi connectivity index (χ3v) is 1.86. The van der Waals surface area contributed by atoms with E-state index < -0.39 is 15.1 Å². The Kier molecular flexibility index (Phi) is 4.36. The number of aryl methyl sites for hydroxylation is 1. The van der Waals surface area contributed by atoms with Crippen molar-refractivity contribution in [2.45, 2.75) is 11.9 Å². The molecular weight excluding hydrogens is 189 g/mol. The summed E-state index contributed by atoms with van der Waals surface area (Å²) < 4.78 is 31.1. The van der Waals surface area contributed by atoms with Crippen LogP contribution in [-0.2, 0) is 10.1 Å². The molecule has 0 atom stereocenters. The summed E-state index contributed by atoms with van der Waals surface area (Å²) in [6, 6.07) is 4.27. The maximum absolute atomic E-state index is 10.4. The molecule has 0 N–H and O–H groups in total. The zero-order chi connectivity index (χ0) is 8.48.